The number of carbonyl (C=O) groups is 2. The van der Waals surface area contributed by atoms with E-state index in [1.807, 2.05) is 10.5 Å². The molecule has 8 nitrogen and oxygen atoms in total. The van der Waals surface area contributed by atoms with E-state index in [2.05, 4.69) is 53.4 Å². The van der Waals surface area contributed by atoms with Gasteiger partial charge in [-0.1, -0.05) is 34.7 Å². The number of fused-ring (bicyclic) bond motifs is 3. The first kappa shape index (κ1) is 22.2. The van der Waals surface area contributed by atoms with Crippen LogP contribution in [-0.2, 0) is 9.53 Å². The maximum Gasteiger partial charge on any atom is 0.350 e. The minimum Gasteiger partial charge on any atom is -0.462 e. The molecule has 0 fully saturated rings. The van der Waals surface area contributed by atoms with Crippen LogP contribution in [0.2, 0.25) is 0 Å². The summed E-state index contributed by atoms with van der Waals surface area (Å²) in [5.41, 5.74) is 5.79. The van der Waals surface area contributed by atoms with Gasteiger partial charge in [-0.25, -0.2) is 9.78 Å². The van der Waals surface area contributed by atoms with Crippen LogP contribution in [0, 0.1) is 27.7 Å². The Bertz CT molecular complexity index is 1360. The molecule has 1 N–H and O–H groups in total. The highest BCUT2D eigenvalue weighted by Gasteiger charge is 2.19. The van der Waals surface area contributed by atoms with Crippen molar-refractivity contribution in [1.82, 2.24) is 19.6 Å². The van der Waals surface area contributed by atoms with E-state index < -0.39 is 5.97 Å². The van der Waals surface area contributed by atoms with Crippen molar-refractivity contribution in [3.8, 4) is 0 Å². The summed E-state index contributed by atoms with van der Waals surface area (Å²) in [6, 6.07) is 6.30. The summed E-state index contributed by atoms with van der Waals surface area (Å²) < 4.78 is 7.02. The third kappa shape index (κ3) is 4.20. The zero-order valence-corrected chi connectivity index (χ0v) is 20.1. The highest BCUT2D eigenvalue weighted by atomic mass is 32.2. The summed E-state index contributed by atoms with van der Waals surface area (Å²) in [6.07, 6.45) is 0. The van der Waals surface area contributed by atoms with Crippen LogP contribution >= 0.6 is 23.1 Å². The summed E-state index contributed by atoms with van der Waals surface area (Å²) in [4.78, 5) is 29.2. The number of amides is 1. The van der Waals surface area contributed by atoms with E-state index in [9.17, 15) is 9.59 Å². The van der Waals surface area contributed by atoms with Gasteiger partial charge in [0.15, 0.2) is 15.9 Å². The van der Waals surface area contributed by atoms with Gasteiger partial charge in [-0.15, -0.1) is 10.2 Å². The monoisotopic (exact) mass is 469 g/mol. The quantitative estimate of drug-likeness (QED) is 0.328. The highest BCUT2D eigenvalue weighted by Crippen LogP contribution is 2.29. The van der Waals surface area contributed by atoms with Crippen LogP contribution in [0.25, 0.3) is 16.6 Å². The van der Waals surface area contributed by atoms with Gasteiger partial charge in [0.05, 0.1) is 23.6 Å². The fourth-order valence-electron chi connectivity index (χ4n) is 3.63. The standard InChI is InChI=1S/C22H23N5O3S2/c1-6-30-20(29)19-14(5)23-21(32-19)24-17(28)10-31-22-26-25-16-9-12(3)15-8-11(2)7-13(4)18(15)27(16)22/h7-9H,6,10H2,1-5H3,(H,23,24,28). The molecule has 32 heavy (non-hydrogen) atoms. The number of pyridine rings is 1. The first-order valence-corrected chi connectivity index (χ1v) is 11.9. The van der Waals surface area contributed by atoms with Crippen molar-refractivity contribution in [1.29, 1.82) is 0 Å². The molecule has 1 aromatic carbocycles. The number of esters is 1. The third-order valence-corrected chi connectivity index (χ3v) is 6.92. The number of hydrogen-bond acceptors (Lipinski definition) is 8. The second-order valence-corrected chi connectivity index (χ2v) is 9.41. The van der Waals surface area contributed by atoms with Gasteiger partial charge in [0.1, 0.15) is 4.88 Å². The molecular weight excluding hydrogens is 446 g/mol. The largest absolute Gasteiger partial charge is 0.462 e. The number of ether oxygens (including phenoxy) is 1. The molecule has 0 aliphatic carbocycles. The molecule has 0 spiro atoms. The van der Waals surface area contributed by atoms with Crippen molar-refractivity contribution < 1.29 is 14.3 Å². The number of nitrogens with zero attached hydrogens (tertiary/aromatic N) is 4. The Morgan fingerprint density at radius 2 is 1.91 bits per heavy atom. The maximum atomic E-state index is 12.6. The summed E-state index contributed by atoms with van der Waals surface area (Å²) in [5.74, 6) is -0.533. The van der Waals surface area contributed by atoms with Gasteiger partial charge in [0.2, 0.25) is 5.91 Å². The van der Waals surface area contributed by atoms with Crippen LogP contribution in [-0.4, -0.2) is 43.8 Å². The number of thioether (sulfide) groups is 1. The topological polar surface area (TPSA) is 98.5 Å². The normalized spacial score (nSPS) is 11.3. The molecule has 0 aliphatic rings. The molecule has 4 aromatic rings. The Hall–Kier alpha value is -2.98. The lowest BCUT2D eigenvalue weighted by Gasteiger charge is -2.11. The summed E-state index contributed by atoms with van der Waals surface area (Å²) >= 11 is 2.41. The number of benzene rings is 1. The Kier molecular flexibility index (Phi) is 6.16. The van der Waals surface area contributed by atoms with Crippen LogP contribution in [0.15, 0.2) is 23.4 Å². The zero-order chi connectivity index (χ0) is 23.0. The van der Waals surface area contributed by atoms with E-state index in [1.165, 1.54) is 17.3 Å². The Morgan fingerprint density at radius 3 is 2.66 bits per heavy atom. The van der Waals surface area contributed by atoms with E-state index in [0.717, 1.165) is 39.0 Å². The maximum absolute atomic E-state index is 12.6. The van der Waals surface area contributed by atoms with E-state index in [0.29, 0.717) is 20.9 Å². The summed E-state index contributed by atoms with van der Waals surface area (Å²) in [7, 11) is 0. The molecular formula is C22H23N5O3S2. The van der Waals surface area contributed by atoms with Crippen LogP contribution in [0.1, 0.15) is 39.0 Å². The number of aromatic nitrogens is 4. The van der Waals surface area contributed by atoms with Gasteiger partial charge < -0.3 is 10.1 Å². The molecule has 0 saturated heterocycles. The number of aryl methyl sites for hydroxylation is 4. The van der Waals surface area contributed by atoms with Crippen LogP contribution < -0.4 is 5.32 Å². The fraction of sp³-hybridized carbons (Fsp3) is 0.318. The van der Waals surface area contributed by atoms with Crippen molar-refractivity contribution in [3.63, 3.8) is 0 Å². The number of carbonyl (C=O) groups excluding carboxylic acids is 2. The predicted molar refractivity (Wildman–Crippen MR) is 127 cm³/mol. The number of nitrogens with one attached hydrogen (secondary N) is 1. The second kappa shape index (κ2) is 8.87. The highest BCUT2D eigenvalue weighted by molar-refractivity contribution is 7.99. The van der Waals surface area contributed by atoms with Crippen LogP contribution in [0.4, 0.5) is 5.13 Å². The summed E-state index contributed by atoms with van der Waals surface area (Å²) in [6.45, 7) is 9.96. The van der Waals surface area contributed by atoms with Crippen LogP contribution in [0.3, 0.4) is 0 Å². The molecule has 0 saturated carbocycles. The van der Waals surface area contributed by atoms with Crippen molar-refractivity contribution in [2.24, 2.45) is 0 Å². The van der Waals surface area contributed by atoms with Crippen molar-refractivity contribution >= 4 is 56.7 Å². The SMILES string of the molecule is CCOC(=O)c1sc(NC(=O)CSc2nnc3cc(C)c4cc(C)cc(C)c4n23)nc1C. The number of hydrogen-bond donors (Lipinski definition) is 1. The molecule has 10 heteroatoms. The predicted octanol–water partition coefficient (Wildman–Crippen LogP) is 4.48. The van der Waals surface area contributed by atoms with E-state index >= 15 is 0 Å². The molecule has 0 aliphatic heterocycles. The molecule has 0 unspecified atom stereocenters. The fourth-order valence-corrected chi connectivity index (χ4v) is 5.25. The molecule has 3 aromatic heterocycles. The molecule has 4 rings (SSSR count). The van der Waals surface area contributed by atoms with E-state index in [-0.39, 0.29) is 18.3 Å². The average Bonchev–Trinajstić information content (AvgIpc) is 3.29. The van der Waals surface area contributed by atoms with Crippen molar-refractivity contribution in [2.75, 3.05) is 17.7 Å². The van der Waals surface area contributed by atoms with Crippen molar-refractivity contribution in [2.45, 2.75) is 39.8 Å². The van der Waals surface area contributed by atoms with Gasteiger partial charge in [0, 0.05) is 5.39 Å². The molecule has 0 radical (unpaired) electrons. The van der Waals surface area contributed by atoms with E-state index in [4.69, 9.17) is 4.74 Å². The Labute approximate surface area is 193 Å². The Morgan fingerprint density at radius 1 is 1.12 bits per heavy atom. The lowest BCUT2D eigenvalue weighted by atomic mass is 10.0. The zero-order valence-electron chi connectivity index (χ0n) is 18.5. The number of rotatable bonds is 6. The lowest BCUT2D eigenvalue weighted by molar-refractivity contribution is -0.113. The minimum absolute atomic E-state index is 0.133. The second-order valence-electron chi connectivity index (χ2n) is 7.47. The van der Waals surface area contributed by atoms with Gasteiger partial charge in [-0.05, 0) is 57.9 Å². The molecule has 0 atom stereocenters. The number of anilines is 1. The first-order valence-electron chi connectivity index (χ1n) is 10.1. The molecule has 3 heterocycles. The average molecular weight is 470 g/mol. The smallest absolute Gasteiger partial charge is 0.350 e. The van der Waals surface area contributed by atoms with Gasteiger partial charge >= 0.3 is 5.97 Å². The van der Waals surface area contributed by atoms with Gasteiger partial charge in [-0.3, -0.25) is 9.20 Å². The minimum atomic E-state index is -0.430. The summed E-state index contributed by atoms with van der Waals surface area (Å²) in [5, 5.41) is 13.5. The molecule has 0 bridgehead atoms. The van der Waals surface area contributed by atoms with Gasteiger partial charge in [0.25, 0.3) is 0 Å². The number of thiazole rings is 1. The lowest BCUT2D eigenvalue weighted by Crippen LogP contribution is -2.14. The van der Waals surface area contributed by atoms with E-state index in [1.54, 1.807) is 13.8 Å². The molecule has 166 valence electrons. The molecule has 1 amide bonds. The first-order chi connectivity index (χ1) is 15.3. The van der Waals surface area contributed by atoms with Crippen molar-refractivity contribution in [3.05, 3.63) is 45.5 Å². The van der Waals surface area contributed by atoms with Gasteiger partial charge in [-0.2, -0.15) is 0 Å². The third-order valence-electron chi connectivity index (χ3n) is 4.93. The van der Waals surface area contributed by atoms with Crippen LogP contribution in [0.5, 0.6) is 0 Å². The Balaban J connectivity index is 1.55.